The molecule has 0 spiro atoms. The quantitative estimate of drug-likeness (QED) is 0.583. The van der Waals surface area contributed by atoms with Crippen molar-refractivity contribution in [3.05, 3.63) is 59.2 Å². The fraction of sp³-hybridized carbons (Fsp3) is 0.158. The summed E-state index contributed by atoms with van der Waals surface area (Å²) in [5.74, 6) is 1.03. The summed E-state index contributed by atoms with van der Waals surface area (Å²) in [6, 6.07) is 11.8. The van der Waals surface area contributed by atoms with Gasteiger partial charge in [-0.3, -0.25) is 4.79 Å². The average molecular weight is 405 g/mol. The van der Waals surface area contributed by atoms with Crippen molar-refractivity contribution in [1.29, 1.82) is 0 Å². The second kappa shape index (κ2) is 8.28. The average Bonchev–Trinajstić information content (AvgIpc) is 3.04. The summed E-state index contributed by atoms with van der Waals surface area (Å²) in [6.45, 7) is 3.40. The largest absolute Gasteiger partial charge is 0.508 e. The molecule has 1 amide bonds. The Morgan fingerprint density at radius 1 is 1.22 bits per heavy atom. The zero-order valence-corrected chi connectivity index (χ0v) is 16.2. The number of benzene rings is 2. The van der Waals surface area contributed by atoms with Crippen LogP contribution in [-0.2, 0) is 4.79 Å². The molecule has 1 aromatic heterocycles. The first-order chi connectivity index (χ1) is 12.9. The maximum Gasteiger partial charge on any atom is 0.282 e. The summed E-state index contributed by atoms with van der Waals surface area (Å²) in [7, 11) is 0. The van der Waals surface area contributed by atoms with Crippen LogP contribution in [0.2, 0.25) is 5.02 Å². The van der Waals surface area contributed by atoms with Gasteiger partial charge in [-0.05, 0) is 48.1 Å². The first kappa shape index (κ1) is 19.0. The Labute approximate surface area is 165 Å². The number of phenolic OH excluding ortho intramolecular Hbond substituents is 1. The summed E-state index contributed by atoms with van der Waals surface area (Å²) in [5, 5.41) is 13.4. The third-order valence-corrected chi connectivity index (χ3v) is 4.64. The second-order valence-electron chi connectivity index (χ2n) is 5.76. The number of carbonyl (C=O) groups excluding carboxylic acids is 1. The summed E-state index contributed by atoms with van der Waals surface area (Å²) < 4.78 is 11.4. The molecule has 2 aromatic carbocycles. The fourth-order valence-corrected chi connectivity index (χ4v) is 3.20. The van der Waals surface area contributed by atoms with Gasteiger partial charge in [0.2, 0.25) is 11.0 Å². The van der Waals surface area contributed by atoms with Crippen LogP contribution in [0.1, 0.15) is 25.5 Å². The molecule has 0 saturated carbocycles. The van der Waals surface area contributed by atoms with Crippen LogP contribution in [0, 0.1) is 0 Å². The molecule has 0 aliphatic heterocycles. The molecule has 1 heterocycles. The number of carbonyl (C=O) groups is 1. The minimum atomic E-state index is -0.0752. The third kappa shape index (κ3) is 5.12. The SMILES string of the molecule is CC(=O)NC(C)c1ccc(Oc2cnc(Oc3ccc(O)cc3Cl)s2)cc1. The Morgan fingerprint density at radius 3 is 2.63 bits per heavy atom. The molecule has 6 nitrogen and oxygen atoms in total. The van der Waals surface area contributed by atoms with E-state index in [-0.39, 0.29) is 22.7 Å². The number of aromatic nitrogens is 1. The molecule has 3 aromatic rings. The van der Waals surface area contributed by atoms with Crippen LogP contribution in [0.3, 0.4) is 0 Å². The fourth-order valence-electron chi connectivity index (χ4n) is 2.33. The molecule has 0 aliphatic carbocycles. The first-order valence-electron chi connectivity index (χ1n) is 8.08. The van der Waals surface area contributed by atoms with Gasteiger partial charge < -0.3 is 19.9 Å². The zero-order chi connectivity index (χ0) is 19.4. The van der Waals surface area contributed by atoms with Crippen LogP contribution < -0.4 is 14.8 Å². The van der Waals surface area contributed by atoms with Crippen LogP contribution in [0.25, 0.3) is 0 Å². The number of hydrogen-bond donors (Lipinski definition) is 2. The molecule has 140 valence electrons. The van der Waals surface area contributed by atoms with Gasteiger partial charge in [-0.1, -0.05) is 23.7 Å². The van der Waals surface area contributed by atoms with E-state index in [1.165, 1.54) is 30.4 Å². The molecule has 3 rings (SSSR count). The van der Waals surface area contributed by atoms with Gasteiger partial charge in [0.15, 0.2) is 0 Å². The lowest BCUT2D eigenvalue weighted by atomic mass is 10.1. The minimum Gasteiger partial charge on any atom is -0.508 e. The number of ether oxygens (including phenoxy) is 2. The molecule has 0 saturated heterocycles. The summed E-state index contributed by atoms with van der Waals surface area (Å²) in [4.78, 5) is 15.3. The molecule has 1 unspecified atom stereocenters. The monoisotopic (exact) mass is 404 g/mol. The van der Waals surface area contributed by atoms with Crippen LogP contribution in [0.15, 0.2) is 48.7 Å². The molecule has 0 fully saturated rings. The van der Waals surface area contributed by atoms with E-state index in [2.05, 4.69) is 10.3 Å². The molecule has 0 bridgehead atoms. The van der Waals surface area contributed by atoms with Crippen LogP contribution in [0.5, 0.6) is 27.5 Å². The Hall–Kier alpha value is -2.77. The minimum absolute atomic E-state index is 0.0618. The smallest absolute Gasteiger partial charge is 0.282 e. The van der Waals surface area contributed by atoms with Gasteiger partial charge in [-0.2, -0.15) is 0 Å². The number of nitrogens with zero attached hydrogens (tertiary/aromatic N) is 1. The number of amides is 1. The van der Waals surface area contributed by atoms with Crippen LogP contribution in [-0.4, -0.2) is 16.0 Å². The van der Waals surface area contributed by atoms with Crippen molar-refractivity contribution >= 4 is 28.8 Å². The van der Waals surface area contributed by atoms with E-state index < -0.39 is 0 Å². The Balaban J connectivity index is 1.64. The van der Waals surface area contributed by atoms with Gasteiger partial charge in [0, 0.05) is 13.0 Å². The van der Waals surface area contributed by atoms with Crippen molar-refractivity contribution in [1.82, 2.24) is 10.3 Å². The van der Waals surface area contributed by atoms with Crippen LogP contribution in [0.4, 0.5) is 0 Å². The van der Waals surface area contributed by atoms with E-state index in [0.717, 1.165) is 5.56 Å². The topological polar surface area (TPSA) is 80.7 Å². The van der Waals surface area contributed by atoms with Crippen molar-refractivity contribution in [2.45, 2.75) is 19.9 Å². The molecular formula is C19H17ClN2O4S. The second-order valence-corrected chi connectivity index (χ2v) is 7.12. The Bertz CT molecular complexity index is 943. The summed E-state index contributed by atoms with van der Waals surface area (Å²) in [6.07, 6.45) is 1.56. The Kier molecular flexibility index (Phi) is 5.83. The third-order valence-electron chi connectivity index (χ3n) is 3.59. The van der Waals surface area contributed by atoms with E-state index in [0.29, 0.717) is 21.8 Å². The maximum atomic E-state index is 11.1. The van der Waals surface area contributed by atoms with E-state index in [4.69, 9.17) is 21.1 Å². The molecule has 2 N–H and O–H groups in total. The zero-order valence-electron chi connectivity index (χ0n) is 14.6. The lowest BCUT2D eigenvalue weighted by molar-refractivity contribution is -0.119. The van der Waals surface area contributed by atoms with E-state index in [1.807, 2.05) is 31.2 Å². The standard InChI is InChI=1S/C19H17ClN2O4S/c1-11(22-12(2)23)13-3-6-15(7-4-13)25-18-10-21-19(27-18)26-17-8-5-14(24)9-16(17)20/h3-11,24H,1-2H3,(H,22,23). The number of halogens is 1. The number of rotatable bonds is 6. The maximum absolute atomic E-state index is 11.1. The summed E-state index contributed by atoms with van der Waals surface area (Å²) in [5.41, 5.74) is 0.979. The van der Waals surface area contributed by atoms with Crippen molar-refractivity contribution in [3.63, 3.8) is 0 Å². The van der Waals surface area contributed by atoms with Gasteiger partial charge in [-0.25, -0.2) is 4.98 Å². The number of thiazole rings is 1. The number of aromatic hydroxyl groups is 1. The van der Waals surface area contributed by atoms with E-state index >= 15 is 0 Å². The van der Waals surface area contributed by atoms with Gasteiger partial charge >= 0.3 is 0 Å². The first-order valence-corrected chi connectivity index (χ1v) is 9.27. The predicted octanol–water partition coefficient (Wildman–Crippen LogP) is 5.28. The molecule has 1 atom stereocenters. The van der Waals surface area contributed by atoms with E-state index in [1.54, 1.807) is 12.3 Å². The highest BCUT2D eigenvalue weighted by Gasteiger charge is 2.11. The van der Waals surface area contributed by atoms with Gasteiger partial charge in [0.1, 0.15) is 17.2 Å². The van der Waals surface area contributed by atoms with Gasteiger partial charge in [0.25, 0.3) is 5.19 Å². The number of phenols is 1. The number of nitrogens with one attached hydrogen (secondary N) is 1. The van der Waals surface area contributed by atoms with Gasteiger partial charge in [0.05, 0.1) is 17.3 Å². The lowest BCUT2D eigenvalue weighted by Crippen LogP contribution is -2.23. The van der Waals surface area contributed by atoms with E-state index in [9.17, 15) is 9.90 Å². The predicted molar refractivity (Wildman–Crippen MR) is 104 cm³/mol. The highest BCUT2D eigenvalue weighted by molar-refractivity contribution is 7.15. The molecule has 27 heavy (non-hydrogen) atoms. The highest BCUT2D eigenvalue weighted by Crippen LogP contribution is 2.37. The molecule has 0 radical (unpaired) electrons. The van der Waals surface area contributed by atoms with Gasteiger partial charge in [-0.15, -0.1) is 0 Å². The molecule has 8 heteroatoms. The van der Waals surface area contributed by atoms with Crippen molar-refractivity contribution < 1.29 is 19.4 Å². The van der Waals surface area contributed by atoms with Crippen molar-refractivity contribution in [2.75, 3.05) is 0 Å². The Morgan fingerprint density at radius 2 is 1.96 bits per heavy atom. The molecule has 0 aliphatic rings. The van der Waals surface area contributed by atoms with Crippen molar-refractivity contribution in [3.8, 4) is 27.5 Å². The normalized spacial score (nSPS) is 11.7. The lowest BCUT2D eigenvalue weighted by Gasteiger charge is -2.13. The summed E-state index contributed by atoms with van der Waals surface area (Å²) >= 11 is 7.24. The highest BCUT2D eigenvalue weighted by atomic mass is 35.5. The molecular weight excluding hydrogens is 388 g/mol. The van der Waals surface area contributed by atoms with Crippen molar-refractivity contribution in [2.24, 2.45) is 0 Å². The van der Waals surface area contributed by atoms with Crippen LogP contribution >= 0.6 is 22.9 Å². The number of hydrogen-bond acceptors (Lipinski definition) is 6.